The molecule has 0 spiro atoms. The van der Waals surface area contributed by atoms with Crippen LogP contribution < -0.4 is 10.6 Å². The summed E-state index contributed by atoms with van der Waals surface area (Å²) in [7, 11) is 1.76. The first-order chi connectivity index (χ1) is 9.36. The summed E-state index contributed by atoms with van der Waals surface area (Å²) in [5, 5.41) is 17.3. The molecule has 3 amide bonds. The van der Waals surface area contributed by atoms with E-state index in [-0.39, 0.29) is 25.3 Å². The molecule has 1 atom stereocenters. The molecule has 1 unspecified atom stereocenters. The molecule has 0 fully saturated rings. The minimum Gasteiger partial charge on any atom is -0.481 e. The molecule has 20 heavy (non-hydrogen) atoms. The number of carboxylic acids is 1. The fourth-order valence-corrected chi connectivity index (χ4v) is 1.64. The normalized spacial score (nSPS) is 11.7. The number of aryl methyl sites for hydroxylation is 1. The zero-order valence-corrected chi connectivity index (χ0v) is 11.4. The van der Waals surface area contributed by atoms with E-state index in [0.717, 1.165) is 0 Å². The topological polar surface area (TPSA) is 113 Å². The highest BCUT2D eigenvalue weighted by molar-refractivity contribution is 5.94. The third-order valence-electron chi connectivity index (χ3n) is 2.51. The molecule has 0 aromatic carbocycles. The molecule has 1 aromatic heterocycles. The average molecular weight is 282 g/mol. The number of urea groups is 1. The van der Waals surface area contributed by atoms with E-state index >= 15 is 0 Å². The number of aromatic nitrogens is 2. The average Bonchev–Trinajstić information content (AvgIpc) is 2.71. The summed E-state index contributed by atoms with van der Waals surface area (Å²) >= 11 is 0. The van der Waals surface area contributed by atoms with Crippen molar-refractivity contribution in [3.05, 3.63) is 18.0 Å². The van der Waals surface area contributed by atoms with Gasteiger partial charge in [0.25, 0.3) is 0 Å². The number of rotatable bonds is 6. The van der Waals surface area contributed by atoms with Crippen molar-refractivity contribution in [3.63, 3.8) is 0 Å². The van der Waals surface area contributed by atoms with E-state index in [1.807, 2.05) is 0 Å². The monoisotopic (exact) mass is 282 g/mol. The predicted molar refractivity (Wildman–Crippen MR) is 69.6 cm³/mol. The number of aliphatic carboxylic acids is 1. The number of nitrogens with zero attached hydrogens (tertiary/aromatic N) is 2. The van der Waals surface area contributed by atoms with Crippen LogP contribution in [0, 0.1) is 5.92 Å². The van der Waals surface area contributed by atoms with Crippen LogP contribution in [0.1, 0.15) is 25.5 Å². The van der Waals surface area contributed by atoms with Gasteiger partial charge in [-0.15, -0.1) is 0 Å². The summed E-state index contributed by atoms with van der Waals surface area (Å²) in [6, 6.07) is 1.13. The summed E-state index contributed by atoms with van der Waals surface area (Å²) in [5.41, 5.74) is 0.675. The van der Waals surface area contributed by atoms with Crippen molar-refractivity contribution in [2.24, 2.45) is 13.0 Å². The Kier molecular flexibility index (Phi) is 5.70. The van der Waals surface area contributed by atoms with Gasteiger partial charge in [-0.05, 0) is 12.0 Å². The Morgan fingerprint density at radius 3 is 2.65 bits per heavy atom. The van der Waals surface area contributed by atoms with Crippen LogP contribution in [0.5, 0.6) is 0 Å². The highest BCUT2D eigenvalue weighted by atomic mass is 16.4. The number of nitrogens with one attached hydrogen (secondary N) is 2. The molecular weight excluding hydrogens is 264 g/mol. The van der Waals surface area contributed by atoms with Gasteiger partial charge in [-0.1, -0.05) is 6.92 Å². The van der Waals surface area contributed by atoms with Gasteiger partial charge in [0.15, 0.2) is 0 Å². The molecule has 0 radical (unpaired) electrons. The van der Waals surface area contributed by atoms with Gasteiger partial charge in [-0.25, -0.2) is 4.79 Å². The fraction of sp³-hybridized carbons (Fsp3) is 0.500. The Morgan fingerprint density at radius 1 is 1.40 bits per heavy atom. The second-order valence-electron chi connectivity index (χ2n) is 4.62. The highest BCUT2D eigenvalue weighted by Crippen LogP contribution is 2.06. The van der Waals surface area contributed by atoms with Crippen molar-refractivity contribution in [3.8, 4) is 0 Å². The Balaban J connectivity index is 2.27. The van der Waals surface area contributed by atoms with Gasteiger partial charge < -0.3 is 10.4 Å². The van der Waals surface area contributed by atoms with E-state index in [4.69, 9.17) is 5.11 Å². The van der Waals surface area contributed by atoms with Crippen molar-refractivity contribution in [1.82, 2.24) is 20.4 Å². The van der Waals surface area contributed by atoms with E-state index in [9.17, 15) is 14.4 Å². The molecule has 8 nitrogen and oxygen atoms in total. The van der Waals surface area contributed by atoms with Gasteiger partial charge >= 0.3 is 12.0 Å². The lowest BCUT2D eigenvalue weighted by Gasteiger charge is -2.09. The van der Waals surface area contributed by atoms with Crippen molar-refractivity contribution >= 4 is 17.9 Å². The fourth-order valence-electron chi connectivity index (χ4n) is 1.64. The van der Waals surface area contributed by atoms with E-state index in [1.54, 1.807) is 30.9 Å². The molecule has 3 N–H and O–H groups in total. The van der Waals surface area contributed by atoms with Crippen LogP contribution in [0.4, 0.5) is 4.79 Å². The lowest BCUT2D eigenvalue weighted by molar-refractivity contribution is -0.138. The Morgan fingerprint density at radius 2 is 2.10 bits per heavy atom. The molecule has 1 heterocycles. The third kappa shape index (κ3) is 5.98. The second-order valence-corrected chi connectivity index (χ2v) is 4.62. The predicted octanol–water partition coefficient (Wildman–Crippen LogP) is 0.247. The van der Waals surface area contributed by atoms with E-state index in [2.05, 4.69) is 15.7 Å². The molecule has 0 aliphatic carbocycles. The first-order valence-electron chi connectivity index (χ1n) is 6.15. The molecule has 8 heteroatoms. The molecule has 0 aliphatic heterocycles. The number of hydrogen-bond acceptors (Lipinski definition) is 4. The first-order valence-corrected chi connectivity index (χ1v) is 6.15. The molecule has 110 valence electrons. The number of carboxylic acid groups (broad SMARTS) is 1. The van der Waals surface area contributed by atoms with Crippen molar-refractivity contribution < 1.29 is 19.5 Å². The van der Waals surface area contributed by atoms with E-state index < -0.39 is 17.9 Å². The second kappa shape index (κ2) is 7.27. The minimum atomic E-state index is -0.968. The van der Waals surface area contributed by atoms with Crippen LogP contribution in [-0.2, 0) is 23.2 Å². The molecule has 1 aromatic rings. The summed E-state index contributed by atoms with van der Waals surface area (Å²) < 4.78 is 1.60. The van der Waals surface area contributed by atoms with Gasteiger partial charge in [-0.2, -0.15) is 5.10 Å². The number of amides is 3. The van der Waals surface area contributed by atoms with Crippen LogP contribution in [0.15, 0.2) is 12.3 Å². The zero-order valence-electron chi connectivity index (χ0n) is 11.4. The Bertz CT molecular complexity index is 497. The standard InChI is InChI=1S/C12H18N4O4/c1-8(6-11(18)19)5-10(17)14-12(20)13-7-9-3-4-16(2)15-9/h3-4,8H,5-7H2,1-2H3,(H,18,19)(H2,13,14,17,20). The third-order valence-corrected chi connectivity index (χ3v) is 2.51. The number of carbonyl (C=O) groups excluding carboxylic acids is 2. The molecule has 1 rings (SSSR count). The summed E-state index contributed by atoms with van der Waals surface area (Å²) in [5.74, 6) is -1.79. The van der Waals surface area contributed by atoms with Crippen LogP contribution in [-0.4, -0.2) is 32.8 Å². The number of hydrogen-bond donors (Lipinski definition) is 3. The lowest BCUT2D eigenvalue weighted by atomic mass is 10.0. The van der Waals surface area contributed by atoms with Crippen LogP contribution in [0.2, 0.25) is 0 Å². The maximum absolute atomic E-state index is 11.5. The van der Waals surface area contributed by atoms with Gasteiger partial charge in [0, 0.05) is 26.1 Å². The van der Waals surface area contributed by atoms with E-state index in [0.29, 0.717) is 5.69 Å². The molecule has 0 aliphatic rings. The van der Waals surface area contributed by atoms with Gasteiger partial charge in [0.05, 0.1) is 12.2 Å². The van der Waals surface area contributed by atoms with Gasteiger partial charge in [-0.3, -0.25) is 19.6 Å². The van der Waals surface area contributed by atoms with E-state index in [1.165, 1.54) is 0 Å². The smallest absolute Gasteiger partial charge is 0.321 e. The molecular formula is C12H18N4O4. The Labute approximate surface area is 116 Å². The van der Waals surface area contributed by atoms with Crippen LogP contribution in [0.25, 0.3) is 0 Å². The maximum atomic E-state index is 11.5. The van der Waals surface area contributed by atoms with Crippen molar-refractivity contribution in [1.29, 1.82) is 0 Å². The van der Waals surface area contributed by atoms with Crippen LogP contribution >= 0.6 is 0 Å². The number of carbonyl (C=O) groups is 3. The quantitative estimate of drug-likeness (QED) is 0.692. The first kappa shape index (κ1) is 15.7. The van der Waals surface area contributed by atoms with Crippen LogP contribution in [0.3, 0.4) is 0 Å². The summed E-state index contributed by atoms with van der Waals surface area (Å²) in [6.07, 6.45) is 1.62. The molecule has 0 saturated heterocycles. The lowest BCUT2D eigenvalue weighted by Crippen LogP contribution is -2.39. The minimum absolute atomic E-state index is 0.0106. The van der Waals surface area contributed by atoms with Gasteiger partial charge in [0.2, 0.25) is 5.91 Å². The largest absolute Gasteiger partial charge is 0.481 e. The summed E-state index contributed by atoms with van der Waals surface area (Å²) in [4.78, 5) is 33.4. The maximum Gasteiger partial charge on any atom is 0.321 e. The zero-order chi connectivity index (χ0) is 15.1. The van der Waals surface area contributed by atoms with Crippen molar-refractivity contribution in [2.75, 3.05) is 0 Å². The Hall–Kier alpha value is -2.38. The van der Waals surface area contributed by atoms with Crippen molar-refractivity contribution in [2.45, 2.75) is 26.3 Å². The number of imide groups is 1. The van der Waals surface area contributed by atoms with Gasteiger partial charge in [0.1, 0.15) is 0 Å². The summed E-state index contributed by atoms with van der Waals surface area (Å²) in [6.45, 7) is 1.85. The highest BCUT2D eigenvalue weighted by Gasteiger charge is 2.14. The molecule has 0 saturated carbocycles. The SMILES string of the molecule is CC(CC(=O)O)CC(=O)NC(=O)NCc1ccn(C)n1. The molecule has 0 bridgehead atoms.